The minimum Gasteiger partial charge on any atom is -0.346 e. The molecule has 2 aromatic rings. The monoisotopic (exact) mass is 285 g/mol. The summed E-state index contributed by atoms with van der Waals surface area (Å²) >= 11 is 0. The molecule has 108 valence electrons. The average molecular weight is 285 g/mol. The molecule has 1 N–H and O–H groups in total. The Morgan fingerprint density at radius 1 is 1.29 bits per heavy atom. The van der Waals surface area contributed by atoms with E-state index in [0.717, 1.165) is 5.56 Å². The molecule has 1 aromatic heterocycles. The molecule has 1 heterocycles. The van der Waals surface area contributed by atoms with Crippen LogP contribution in [0.1, 0.15) is 34.5 Å². The zero-order valence-corrected chi connectivity index (χ0v) is 11.7. The molecular weight excluding hydrogens is 270 g/mol. The maximum absolute atomic E-state index is 12.2. The summed E-state index contributed by atoms with van der Waals surface area (Å²) in [7, 11) is 0. The van der Waals surface area contributed by atoms with Gasteiger partial charge in [0.25, 0.3) is 11.6 Å². The van der Waals surface area contributed by atoms with Crippen molar-refractivity contribution in [2.75, 3.05) is 0 Å². The van der Waals surface area contributed by atoms with Gasteiger partial charge in [0.05, 0.1) is 11.0 Å². The summed E-state index contributed by atoms with van der Waals surface area (Å²) in [5, 5.41) is 13.6. The van der Waals surface area contributed by atoms with Crippen molar-refractivity contribution in [3.63, 3.8) is 0 Å². The number of hydrogen-bond donors (Lipinski definition) is 1. The smallest absolute Gasteiger partial charge is 0.272 e. The van der Waals surface area contributed by atoms with Crippen molar-refractivity contribution in [3.05, 3.63) is 69.5 Å². The molecule has 0 aliphatic rings. The van der Waals surface area contributed by atoms with Gasteiger partial charge in [-0.1, -0.05) is 0 Å². The Morgan fingerprint density at radius 2 is 1.95 bits per heavy atom. The SMILES string of the molecule is Cc1cc(C(=O)N[C@H](C)c2ccncc2)ccc1[N+](=O)[O-]. The van der Waals surface area contributed by atoms with E-state index in [1.54, 1.807) is 19.3 Å². The molecule has 0 bridgehead atoms. The van der Waals surface area contributed by atoms with Crippen molar-refractivity contribution in [1.82, 2.24) is 10.3 Å². The van der Waals surface area contributed by atoms with Crippen LogP contribution in [0.25, 0.3) is 0 Å². The summed E-state index contributed by atoms with van der Waals surface area (Å²) in [6.07, 6.45) is 3.32. The molecule has 6 heteroatoms. The Hall–Kier alpha value is -2.76. The highest BCUT2D eigenvalue weighted by molar-refractivity contribution is 5.95. The fraction of sp³-hybridized carbons (Fsp3) is 0.200. The van der Waals surface area contributed by atoms with E-state index in [-0.39, 0.29) is 17.6 Å². The zero-order valence-electron chi connectivity index (χ0n) is 11.7. The van der Waals surface area contributed by atoms with E-state index in [1.807, 2.05) is 19.1 Å². The number of nitro benzene ring substituents is 1. The van der Waals surface area contributed by atoms with Crippen molar-refractivity contribution in [2.24, 2.45) is 0 Å². The van der Waals surface area contributed by atoms with Gasteiger partial charge in [0.15, 0.2) is 0 Å². The third-order valence-corrected chi connectivity index (χ3v) is 3.21. The topological polar surface area (TPSA) is 85.1 Å². The highest BCUT2D eigenvalue weighted by Gasteiger charge is 2.15. The number of carbonyl (C=O) groups is 1. The molecule has 0 aliphatic heterocycles. The molecule has 0 aliphatic carbocycles. The number of carbonyl (C=O) groups excluding carboxylic acids is 1. The molecule has 0 spiro atoms. The van der Waals surface area contributed by atoms with Crippen LogP contribution in [-0.4, -0.2) is 15.8 Å². The molecule has 0 unspecified atom stereocenters. The lowest BCUT2D eigenvalue weighted by Gasteiger charge is -2.14. The van der Waals surface area contributed by atoms with E-state index in [4.69, 9.17) is 0 Å². The Labute approximate surface area is 122 Å². The van der Waals surface area contributed by atoms with E-state index >= 15 is 0 Å². The van der Waals surface area contributed by atoms with Crippen LogP contribution in [0.3, 0.4) is 0 Å². The lowest BCUT2D eigenvalue weighted by molar-refractivity contribution is -0.385. The van der Waals surface area contributed by atoms with Gasteiger partial charge in [-0.05, 0) is 43.7 Å². The van der Waals surface area contributed by atoms with Crippen LogP contribution in [0.2, 0.25) is 0 Å². The number of nitrogens with zero attached hydrogens (tertiary/aromatic N) is 2. The normalized spacial score (nSPS) is 11.7. The number of aromatic nitrogens is 1. The van der Waals surface area contributed by atoms with Gasteiger partial charge in [0.1, 0.15) is 0 Å². The first-order valence-electron chi connectivity index (χ1n) is 6.45. The highest BCUT2D eigenvalue weighted by atomic mass is 16.6. The minimum atomic E-state index is -0.462. The van der Waals surface area contributed by atoms with E-state index in [0.29, 0.717) is 11.1 Å². The number of rotatable bonds is 4. The van der Waals surface area contributed by atoms with Gasteiger partial charge in [0.2, 0.25) is 0 Å². The van der Waals surface area contributed by atoms with E-state index < -0.39 is 4.92 Å². The fourth-order valence-electron chi connectivity index (χ4n) is 2.02. The Bertz CT molecular complexity index is 671. The molecule has 21 heavy (non-hydrogen) atoms. The average Bonchev–Trinajstić information content (AvgIpc) is 2.47. The molecule has 0 saturated carbocycles. The van der Waals surface area contributed by atoms with Gasteiger partial charge < -0.3 is 5.32 Å². The van der Waals surface area contributed by atoms with Crippen LogP contribution in [-0.2, 0) is 0 Å². The second-order valence-corrected chi connectivity index (χ2v) is 4.73. The molecule has 0 saturated heterocycles. The molecule has 0 radical (unpaired) electrons. The lowest BCUT2D eigenvalue weighted by Crippen LogP contribution is -2.26. The summed E-state index contributed by atoms with van der Waals surface area (Å²) in [6.45, 7) is 3.48. The Morgan fingerprint density at radius 3 is 2.52 bits per heavy atom. The van der Waals surface area contributed by atoms with Gasteiger partial charge >= 0.3 is 0 Å². The van der Waals surface area contributed by atoms with Crippen LogP contribution >= 0.6 is 0 Å². The van der Waals surface area contributed by atoms with Crippen LogP contribution in [0, 0.1) is 17.0 Å². The minimum absolute atomic E-state index is 0.00809. The summed E-state index contributed by atoms with van der Waals surface area (Å²) in [5.74, 6) is -0.266. The van der Waals surface area contributed by atoms with Crippen molar-refractivity contribution in [3.8, 4) is 0 Å². The van der Waals surface area contributed by atoms with Crippen LogP contribution in [0.5, 0.6) is 0 Å². The summed E-state index contributed by atoms with van der Waals surface area (Å²) < 4.78 is 0. The Balaban J connectivity index is 2.14. The van der Waals surface area contributed by atoms with Crippen LogP contribution in [0.4, 0.5) is 5.69 Å². The van der Waals surface area contributed by atoms with E-state index in [1.165, 1.54) is 18.2 Å². The van der Waals surface area contributed by atoms with Crippen LogP contribution < -0.4 is 5.32 Å². The largest absolute Gasteiger partial charge is 0.346 e. The number of amides is 1. The number of nitro groups is 1. The van der Waals surface area contributed by atoms with Gasteiger partial charge in [-0.2, -0.15) is 0 Å². The zero-order chi connectivity index (χ0) is 15.4. The van der Waals surface area contributed by atoms with Crippen molar-refractivity contribution < 1.29 is 9.72 Å². The molecule has 2 rings (SSSR count). The highest BCUT2D eigenvalue weighted by Crippen LogP contribution is 2.19. The van der Waals surface area contributed by atoms with Crippen molar-refractivity contribution in [2.45, 2.75) is 19.9 Å². The summed E-state index contributed by atoms with van der Waals surface area (Å²) in [6, 6.07) is 7.81. The second kappa shape index (κ2) is 6.13. The van der Waals surface area contributed by atoms with E-state index in [2.05, 4.69) is 10.3 Å². The third-order valence-electron chi connectivity index (χ3n) is 3.21. The van der Waals surface area contributed by atoms with Crippen molar-refractivity contribution >= 4 is 11.6 Å². The maximum Gasteiger partial charge on any atom is 0.272 e. The number of hydrogen-bond acceptors (Lipinski definition) is 4. The molecule has 1 atom stereocenters. The predicted octanol–water partition coefficient (Wildman–Crippen LogP) is 2.79. The quantitative estimate of drug-likeness (QED) is 0.691. The molecule has 1 amide bonds. The Kier molecular flexibility index (Phi) is 4.27. The summed E-state index contributed by atoms with van der Waals surface area (Å²) in [5.41, 5.74) is 1.81. The first kappa shape index (κ1) is 14.6. The number of pyridine rings is 1. The summed E-state index contributed by atoms with van der Waals surface area (Å²) in [4.78, 5) is 26.4. The standard InChI is InChI=1S/C15H15N3O3/c1-10-9-13(3-4-14(10)18(20)21)15(19)17-11(2)12-5-7-16-8-6-12/h3-9,11H,1-2H3,(H,17,19)/t11-/m1/s1. The van der Waals surface area contributed by atoms with Crippen molar-refractivity contribution in [1.29, 1.82) is 0 Å². The van der Waals surface area contributed by atoms with Crippen LogP contribution in [0.15, 0.2) is 42.7 Å². The third kappa shape index (κ3) is 3.42. The van der Waals surface area contributed by atoms with Gasteiger partial charge in [-0.15, -0.1) is 0 Å². The second-order valence-electron chi connectivity index (χ2n) is 4.73. The van der Waals surface area contributed by atoms with Gasteiger partial charge in [0, 0.05) is 29.6 Å². The molecule has 6 nitrogen and oxygen atoms in total. The number of aryl methyl sites for hydroxylation is 1. The van der Waals surface area contributed by atoms with Gasteiger partial charge in [-0.3, -0.25) is 19.9 Å². The first-order valence-corrected chi connectivity index (χ1v) is 6.45. The molecule has 0 fully saturated rings. The maximum atomic E-state index is 12.2. The lowest BCUT2D eigenvalue weighted by atomic mass is 10.1. The number of benzene rings is 1. The number of nitrogens with one attached hydrogen (secondary N) is 1. The predicted molar refractivity (Wildman–Crippen MR) is 78.0 cm³/mol. The fourth-order valence-corrected chi connectivity index (χ4v) is 2.02. The first-order chi connectivity index (χ1) is 9.99. The molecular formula is C15H15N3O3. The molecule has 1 aromatic carbocycles. The van der Waals surface area contributed by atoms with E-state index in [9.17, 15) is 14.9 Å². The van der Waals surface area contributed by atoms with Gasteiger partial charge in [-0.25, -0.2) is 0 Å².